The van der Waals surface area contributed by atoms with Crippen LogP contribution in [0.1, 0.15) is 44.6 Å². The predicted molar refractivity (Wildman–Crippen MR) is 108 cm³/mol. The molecule has 3 nitrogen and oxygen atoms in total. The number of hydrogen-bond donors (Lipinski definition) is 0. The number of allylic oxidation sites excluding steroid dienone is 2. The molecular weight excluding hydrogens is 396 g/mol. The molecule has 2 aliphatic rings. The van der Waals surface area contributed by atoms with Gasteiger partial charge in [0.1, 0.15) is 11.6 Å². The Morgan fingerprint density at radius 1 is 1.07 bits per heavy atom. The van der Waals surface area contributed by atoms with Gasteiger partial charge in [-0.25, -0.2) is 8.78 Å². The highest BCUT2D eigenvalue weighted by Crippen LogP contribution is 2.49. The summed E-state index contributed by atoms with van der Waals surface area (Å²) in [6.07, 6.45) is 0.754. The first-order valence-electron chi connectivity index (χ1n) is 9.46. The topological polar surface area (TPSA) is 37.4 Å². The molecule has 0 radical (unpaired) electrons. The Morgan fingerprint density at radius 3 is 2.48 bits per heavy atom. The Hall–Kier alpha value is -2.53. The number of carbonyl (C=O) groups is 2. The second kappa shape index (κ2) is 7.06. The van der Waals surface area contributed by atoms with Crippen LogP contribution in [0.3, 0.4) is 0 Å². The van der Waals surface area contributed by atoms with Crippen molar-refractivity contribution in [3.05, 3.63) is 76.0 Å². The fraction of sp³-hybridized carbons (Fsp3) is 0.304. The normalized spacial score (nSPS) is 21.4. The molecule has 2 aromatic rings. The summed E-state index contributed by atoms with van der Waals surface area (Å²) in [5, 5.41) is 0.483. The van der Waals surface area contributed by atoms with E-state index in [0.29, 0.717) is 34.7 Å². The van der Waals surface area contributed by atoms with Crippen LogP contribution in [0.25, 0.3) is 0 Å². The summed E-state index contributed by atoms with van der Waals surface area (Å²) < 4.78 is 28.0. The first-order valence-corrected chi connectivity index (χ1v) is 9.84. The van der Waals surface area contributed by atoms with E-state index in [9.17, 15) is 18.4 Å². The molecule has 1 aliphatic heterocycles. The lowest BCUT2D eigenvalue weighted by Crippen LogP contribution is -2.44. The molecule has 0 saturated heterocycles. The number of anilines is 1. The highest BCUT2D eigenvalue weighted by molar-refractivity contribution is 6.31. The second-order valence-corrected chi connectivity index (χ2v) is 8.81. The van der Waals surface area contributed by atoms with Crippen molar-refractivity contribution in [1.82, 2.24) is 0 Å². The molecule has 2 aromatic carbocycles. The van der Waals surface area contributed by atoms with Crippen LogP contribution in [-0.2, 0) is 9.59 Å². The third kappa shape index (κ3) is 3.48. The minimum Gasteiger partial charge on any atom is -0.294 e. The van der Waals surface area contributed by atoms with E-state index in [1.165, 1.54) is 11.0 Å². The minimum atomic E-state index is -0.836. The van der Waals surface area contributed by atoms with Crippen molar-refractivity contribution in [2.45, 2.75) is 39.0 Å². The number of ketones is 1. The van der Waals surface area contributed by atoms with Gasteiger partial charge in [-0.1, -0.05) is 43.6 Å². The van der Waals surface area contributed by atoms with Gasteiger partial charge in [0.15, 0.2) is 5.78 Å². The first kappa shape index (κ1) is 19.8. The van der Waals surface area contributed by atoms with E-state index in [0.717, 1.165) is 12.1 Å². The van der Waals surface area contributed by atoms with Gasteiger partial charge < -0.3 is 0 Å². The van der Waals surface area contributed by atoms with Crippen LogP contribution in [0.15, 0.2) is 53.7 Å². The van der Waals surface area contributed by atoms with Crippen LogP contribution in [-0.4, -0.2) is 11.7 Å². The molecule has 6 heteroatoms. The SMILES string of the molecule is CC1(C)CC(=O)C2=C(C1)N(c1ccc(F)cc1F)C(=O)C[C@H]2c1ccccc1Cl. The van der Waals surface area contributed by atoms with E-state index in [-0.39, 0.29) is 29.2 Å². The number of hydrogen-bond acceptors (Lipinski definition) is 2. The van der Waals surface area contributed by atoms with Gasteiger partial charge in [-0.15, -0.1) is 0 Å². The van der Waals surface area contributed by atoms with E-state index < -0.39 is 17.6 Å². The van der Waals surface area contributed by atoms with E-state index in [2.05, 4.69) is 0 Å². The van der Waals surface area contributed by atoms with Crippen molar-refractivity contribution >= 4 is 29.0 Å². The molecule has 0 spiro atoms. The fourth-order valence-electron chi connectivity index (χ4n) is 4.38. The van der Waals surface area contributed by atoms with Crippen molar-refractivity contribution in [3.63, 3.8) is 0 Å². The summed E-state index contributed by atoms with van der Waals surface area (Å²) in [4.78, 5) is 27.6. The summed E-state index contributed by atoms with van der Waals surface area (Å²) >= 11 is 6.38. The zero-order valence-electron chi connectivity index (χ0n) is 16.1. The molecule has 150 valence electrons. The predicted octanol–water partition coefficient (Wildman–Crippen LogP) is 5.78. The zero-order valence-corrected chi connectivity index (χ0v) is 16.9. The Labute approximate surface area is 173 Å². The van der Waals surface area contributed by atoms with Gasteiger partial charge in [-0.2, -0.15) is 0 Å². The number of amides is 1. The average Bonchev–Trinajstić information content (AvgIpc) is 2.61. The number of halogens is 3. The van der Waals surface area contributed by atoms with E-state index in [1.54, 1.807) is 12.1 Å². The summed E-state index contributed by atoms with van der Waals surface area (Å²) in [6, 6.07) is 10.2. The third-order valence-corrected chi connectivity index (χ3v) is 5.92. The maximum atomic E-state index is 14.6. The maximum Gasteiger partial charge on any atom is 0.232 e. The van der Waals surface area contributed by atoms with E-state index in [1.807, 2.05) is 26.0 Å². The van der Waals surface area contributed by atoms with Crippen LogP contribution >= 0.6 is 11.6 Å². The van der Waals surface area contributed by atoms with Crippen LogP contribution in [0.2, 0.25) is 5.02 Å². The molecule has 0 N–H and O–H groups in total. The molecule has 0 bridgehead atoms. The Balaban J connectivity index is 1.94. The van der Waals surface area contributed by atoms with E-state index in [4.69, 9.17) is 11.6 Å². The maximum absolute atomic E-state index is 14.6. The second-order valence-electron chi connectivity index (χ2n) is 8.40. The van der Waals surface area contributed by atoms with Gasteiger partial charge in [0.25, 0.3) is 0 Å². The molecule has 0 aromatic heterocycles. The summed E-state index contributed by atoms with van der Waals surface area (Å²) in [6.45, 7) is 3.88. The Morgan fingerprint density at radius 2 is 1.79 bits per heavy atom. The highest BCUT2D eigenvalue weighted by atomic mass is 35.5. The lowest BCUT2D eigenvalue weighted by atomic mass is 9.69. The van der Waals surface area contributed by atoms with Crippen LogP contribution in [0.5, 0.6) is 0 Å². The quantitative estimate of drug-likeness (QED) is 0.623. The Kier molecular flexibility index (Phi) is 4.82. The summed E-state index contributed by atoms with van der Waals surface area (Å²) in [7, 11) is 0. The smallest absolute Gasteiger partial charge is 0.232 e. The minimum absolute atomic E-state index is 0.00838. The summed E-state index contributed by atoms with van der Waals surface area (Å²) in [5.74, 6) is -2.45. The molecular formula is C23H20ClF2NO2. The van der Waals surface area contributed by atoms with Crippen molar-refractivity contribution < 1.29 is 18.4 Å². The molecule has 1 amide bonds. The van der Waals surface area contributed by atoms with E-state index >= 15 is 0 Å². The fourth-order valence-corrected chi connectivity index (χ4v) is 4.65. The Bertz CT molecular complexity index is 1060. The van der Waals surface area contributed by atoms with Gasteiger partial charge in [0, 0.05) is 41.1 Å². The lowest BCUT2D eigenvalue weighted by Gasteiger charge is -2.43. The van der Waals surface area contributed by atoms with Crippen molar-refractivity contribution in [3.8, 4) is 0 Å². The number of rotatable bonds is 2. The van der Waals surface area contributed by atoms with Gasteiger partial charge >= 0.3 is 0 Å². The van der Waals surface area contributed by atoms with Gasteiger partial charge in [-0.3, -0.25) is 14.5 Å². The molecule has 1 atom stereocenters. The van der Waals surface area contributed by atoms with Gasteiger partial charge in [-0.05, 0) is 35.6 Å². The molecule has 0 unspecified atom stereocenters. The molecule has 0 saturated carbocycles. The van der Waals surface area contributed by atoms with Crippen molar-refractivity contribution in [1.29, 1.82) is 0 Å². The lowest BCUT2D eigenvalue weighted by molar-refractivity contribution is -0.121. The average molecular weight is 416 g/mol. The highest BCUT2D eigenvalue weighted by Gasteiger charge is 2.45. The molecule has 0 fully saturated rings. The number of benzene rings is 2. The zero-order chi connectivity index (χ0) is 20.9. The summed E-state index contributed by atoms with van der Waals surface area (Å²) in [5.41, 5.74) is 1.28. The van der Waals surface area contributed by atoms with Gasteiger partial charge in [0.2, 0.25) is 5.91 Å². The van der Waals surface area contributed by atoms with Gasteiger partial charge in [0.05, 0.1) is 5.69 Å². The molecule has 29 heavy (non-hydrogen) atoms. The first-order chi connectivity index (χ1) is 13.7. The number of nitrogens with zero attached hydrogens (tertiary/aromatic N) is 1. The molecule has 1 aliphatic carbocycles. The van der Waals surface area contributed by atoms with Crippen molar-refractivity contribution in [2.24, 2.45) is 5.41 Å². The monoisotopic (exact) mass is 415 g/mol. The number of Topliss-reactive ketones (excluding diaryl/α,β-unsaturated/α-hetero) is 1. The standard InChI is InChI=1S/C23H20ClF2NO2/c1-23(2)11-19-22(20(28)12-23)15(14-5-3-4-6-16(14)24)10-21(29)27(19)18-8-7-13(25)9-17(18)26/h3-9,15H,10-12H2,1-2H3/t15-/m0/s1. The number of carbonyl (C=O) groups excluding carboxylic acids is 2. The van der Waals surface area contributed by atoms with Crippen LogP contribution < -0.4 is 4.90 Å². The third-order valence-electron chi connectivity index (χ3n) is 5.57. The van der Waals surface area contributed by atoms with Crippen molar-refractivity contribution in [2.75, 3.05) is 4.90 Å². The largest absolute Gasteiger partial charge is 0.294 e. The molecule has 1 heterocycles. The van der Waals surface area contributed by atoms with Crippen LogP contribution in [0, 0.1) is 17.0 Å². The molecule has 4 rings (SSSR count). The van der Waals surface area contributed by atoms with Crippen LogP contribution in [0.4, 0.5) is 14.5 Å².